The Balaban J connectivity index is 0.000000117. The van der Waals surface area contributed by atoms with E-state index in [4.69, 9.17) is 36.3 Å². The fraction of sp³-hybridized carbons (Fsp3) is 0.299. The quantitative estimate of drug-likeness (QED) is 0.0529. The van der Waals surface area contributed by atoms with Crippen LogP contribution in [-0.2, 0) is 0 Å². The normalized spacial score (nSPS) is 17.2. The van der Waals surface area contributed by atoms with Crippen molar-refractivity contribution in [3.8, 4) is 73.1 Å². The lowest BCUT2D eigenvalue weighted by molar-refractivity contribution is 0.385. The second-order valence-corrected chi connectivity index (χ2v) is 36.4. The summed E-state index contributed by atoms with van der Waals surface area (Å²) >= 11 is 0. The van der Waals surface area contributed by atoms with E-state index in [0.717, 1.165) is 190 Å². The number of benzene rings is 8. The van der Waals surface area contributed by atoms with Gasteiger partial charge in [0.2, 0.25) is 0 Å². The third-order valence-electron chi connectivity index (χ3n) is 25.7. The molecule has 14 heterocycles. The predicted octanol–water partition coefficient (Wildman–Crippen LogP) is 16.5. The van der Waals surface area contributed by atoms with Crippen LogP contribution in [0.3, 0.4) is 0 Å². The first-order valence-electron chi connectivity index (χ1n) is 46.9. The van der Waals surface area contributed by atoms with Gasteiger partial charge in [0.25, 0.3) is 0 Å². The second-order valence-electron chi connectivity index (χ2n) is 36.4. The zero-order valence-corrected chi connectivity index (χ0v) is 80.3. The summed E-state index contributed by atoms with van der Waals surface area (Å²) in [6, 6.07) is 44.7. The van der Waals surface area contributed by atoms with E-state index in [0.29, 0.717) is 115 Å². The fourth-order valence-corrected chi connectivity index (χ4v) is 19.1. The number of nitrogens with zero attached hydrogens (tertiary/aromatic N) is 11. The maximum Gasteiger partial charge on any atom is 0.345 e. The van der Waals surface area contributed by atoms with Crippen LogP contribution in [0.1, 0.15) is 57.4 Å². The molecule has 0 aliphatic carbocycles. The lowest BCUT2D eigenvalue weighted by Crippen LogP contribution is -2.54. The molecule has 0 saturated carbocycles. The first kappa shape index (κ1) is 97.1. The second kappa shape index (κ2) is 41.3. The number of ether oxygens (including phenoxy) is 3. The molecule has 5 aliphatic heterocycles. The van der Waals surface area contributed by atoms with Crippen LogP contribution in [0.15, 0.2) is 229 Å². The van der Waals surface area contributed by atoms with Gasteiger partial charge in [0, 0.05) is 274 Å². The minimum absolute atomic E-state index is 0.0227. The maximum atomic E-state index is 14.1. The van der Waals surface area contributed by atoms with Crippen molar-refractivity contribution in [2.24, 2.45) is 0 Å². The number of aromatic nitrogens is 6. The van der Waals surface area contributed by atoms with Crippen LogP contribution >= 0.6 is 0 Å². The Morgan fingerprint density at radius 3 is 0.887 bits per heavy atom. The molecule has 5 atom stereocenters. The van der Waals surface area contributed by atoms with E-state index in [1.807, 2.05) is 152 Å². The Labute approximate surface area is 810 Å². The smallest absolute Gasteiger partial charge is 0.345 e. The largest absolute Gasteiger partial charge is 0.493 e. The number of anilines is 5. The number of methoxy groups -OCH3 is 3. The van der Waals surface area contributed by atoms with Gasteiger partial charge in [-0.25, -0.2) is 60.3 Å². The average Bonchev–Trinajstić information content (AvgIpc) is 1.24. The topological polar surface area (TPSA) is 315 Å². The molecule has 17 aromatic rings. The van der Waals surface area contributed by atoms with E-state index in [9.17, 15) is 50.3 Å². The van der Waals surface area contributed by atoms with Crippen molar-refractivity contribution in [1.82, 2.24) is 55.3 Å². The number of piperazine rings is 5. The first-order valence-corrected chi connectivity index (χ1v) is 46.9. The van der Waals surface area contributed by atoms with Gasteiger partial charge in [-0.2, -0.15) is 0 Å². The van der Waals surface area contributed by atoms with Gasteiger partial charge in [-0.05, 0) is 172 Å². The predicted molar refractivity (Wildman–Crippen MR) is 539 cm³/mol. The maximum absolute atomic E-state index is 14.1. The monoisotopic (exact) mass is 1940 g/mol. The van der Waals surface area contributed by atoms with Gasteiger partial charge in [-0.15, -0.1) is 0 Å². The Morgan fingerprint density at radius 2 is 0.585 bits per heavy atom. The number of fused-ring (bicyclic) bond motifs is 7. The first-order chi connectivity index (χ1) is 68.3. The number of imidazole rings is 2. The molecule has 8 aromatic carbocycles. The molecule has 5 N–H and O–H groups in total. The molecular formula is C107H106F6N16O13. The van der Waals surface area contributed by atoms with Gasteiger partial charge in [-0.3, -0.25) is 9.97 Å². The summed E-state index contributed by atoms with van der Waals surface area (Å²) in [5.41, 5.74) is 12.0. The molecule has 5 fully saturated rings. The molecule has 0 spiro atoms. The molecule has 0 bridgehead atoms. The molecule has 0 amide bonds. The highest BCUT2D eigenvalue weighted by atomic mass is 19.2. The summed E-state index contributed by atoms with van der Waals surface area (Å²) in [5.74, 6) is -5.60. The number of nitrogens with one attached hydrogen (secondary N) is 5. The molecule has 142 heavy (non-hydrogen) atoms. The third-order valence-corrected chi connectivity index (χ3v) is 25.7. The van der Waals surface area contributed by atoms with Crippen molar-refractivity contribution in [1.29, 1.82) is 0 Å². The summed E-state index contributed by atoms with van der Waals surface area (Å²) in [5, 5.41) is 20.8. The van der Waals surface area contributed by atoms with E-state index >= 15 is 0 Å². The van der Waals surface area contributed by atoms with Crippen molar-refractivity contribution in [2.75, 3.05) is 144 Å². The van der Waals surface area contributed by atoms with Gasteiger partial charge in [-0.1, -0.05) is 0 Å². The molecule has 5 aliphatic rings. The molecule has 29 nitrogen and oxygen atoms in total. The molecule has 9 aromatic heterocycles. The zero-order valence-electron chi connectivity index (χ0n) is 80.3. The Hall–Kier alpha value is -15.2. The van der Waals surface area contributed by atoms with Crippen LogP contribution in [0.4, 0.5) is 54.8 Å². The van der Waals surface area contributed by atoms with E-state index in [1.165, 1.54) is 21.3 Å². The fourth-order valence-electron chi connectivity index (χ4n) is 19.1. The van der Waals surface area contributed by atoms with Crippen molar-refractivity contribution in [3.63, 3.8) is 0 Å². The Kier molecular flexibility index (Phi) is 28.2. The number of hydrogen-bond donors (Lipinski definition) is 5. The summed E-state index contributed by atoms with van der Waals surface area (Å²) in [7, 11) is 3.80. The molecule has 0 unspecified atom stereocenters. The van der Waals surface area contributed by atoms with Gasteiger partial charge < -0.3 is 96.2 Å². The van der Waals surface area contributed by atoms with Crippen LogP contribution in [0.25, 0.3) is 122 Å². The third kappa shape index (κ3) is 21.0. The van der Waals surface area contributed by atoms with Gasteiger partial charge in [0.1, 0.15) is 45.4 Å². The Bertz CT molecular complexity index is 7810. The lowest BCUT2D eigenvalue weighted by Gasteiger charge is -2.37. The van der Waals surface area contributed by atoms with Crippen molar-refractivity contribution in [2.45, 2.75) is 92.5 Å². The summed E-state index contributed by atoms with van der Waals surface area (Å²) in [6.07, 6.45) is 7.52. The highest BCUT2D eigenvalue weighted by Gasteiger charge is 2.29. The summed E-state index contributed by atoms with van der Waals surface area (Å²) in [6.45, 7) is 31.9. The average molecular weight is 1940 g/mol. The highest BCUT2D eigenvalue weighted by Crippen LogP contribution is 2.40. The van der Waals surface area contributed by atoms with Crippen LogP contribution < -0.4 is 93.4 Å². The van der Waals surface area contributed by atoms with Gasteiger partial charge >= 0.3 is 28.1 Å². The number of halogens is 6. The van der Waals surface area contributed by atoms with Crippen LogP contribution in [0.2, 0.25) is 0 Å². The van der Waals surface area contributed by atoms with Crippen LogP contribution in [-0.4, -0.2) is 178 Å². The van der Waals surface area contributed by atoms with Gasteiger partial charge in [0.15, 0.2) is 46.0 Å². The van der Waals surface area contributed by atoms with E-state index < -0.39 is 51.8 Å². The summed E-state index contributed by atoms with van der Waals surface area (Å²) in [4.78, 5) is 92.6. The number of hydrogen-bond acceptors (Lipinski definition) is 27. The standard InChI is InChI=1S/C22H22F2N2O3.2C22H23N5O2.C21H20F2N2O3.C20H18F2N2O3/c1-12-10-26(11-13(2)25-12)16-5-4-14-6-18(22(27)29-20(14)9-16)17-7-15(23)8-19(24)21(17)28-3;2*1-13-10-26(7-6-23-13)17-5-4-16-8-18(22(28)29-20(16)9-17)19-12-27-11-14(2)24-15(3)21(27)25-19;1-12-11-25(6-5-24-12)15-4-3-13-7-17(21(26)28-19(13)10-15)16-8-14(22)9-18(23)20(16)27-2;1-26-19-15(9-13(21)10-17(19)22)16-8-12-2-3-14(11-18(12)27-20(16)25)24-6-4-23-5-7-24/h4-9,12-13,25H,10-11H2,1-3H3;2*4-5,8-9,11-13,23H,6-7,10H2,1-3H3;3-4,7-10,12,24H,5-6,11H2,1-2H3;2-3,8-11,23H,4-7H2,1H3/t12-,13+;2*13-;12-;/m.100./s1. The van der Waals surface area contributed by atoms with E-state index in [1.54, 1.807) is 18.2 Å². The Morgan fingerprint density at radius 1 is 0.310 bits per heavy atom. The molecule has 0 radical (unpaired) electrons. The van der Waals surface area contributed by atoms with E-state index in [-0.39, 0.29) is 61.9 Å². The van der Waals surface area contributed by atoms with Crippen LogP contribution in [0, 0.1) is 62.6 Å². The number of rotatable bonds is 13. The summed E-state index contributed by atoms with van der Waals surface area (Å²) < 4.78 is 130. The zero-order chi connectivity index (χ0) is 99.7. The highest BCUT2D eigenvalue weighted by molar-refractivity contribution is 5.91. The SMILES string of the molecule is COc1c(F)cc(F)cc1-c1cc2ccc(N3CCNCC3)cc2oc1=O.COc1c(F)cc(F)cc1-c1cc2ccc(N3CCN[C@@H](C)C3)cc2oc1=O.COc1c(F)cc(F)cc1-c1cc2ccc(N3C[C@@H](C)N[C@@H](C)C3)cc2oc1=O.Cc1cn2cc(-c3cc4ccc(N5CCN[C@@H](C)C5)cc4oc3=O)nc2c(C)n1.Cc1cn2cc(-c3cc4ccc(N5CCN[C@H](C)C5)cc4oc3=O)nc2c(C)n1. The van der Waals surface area contributed by atoms with Crippen LogP contribution in [0.5, 0.6) is 17.2 Å². The van der Waals surface area contributed by atoms with Crippen molar-refractivity contribution in [3.05, 3.63) is 292 Å². The van der Waals surface area contributed by atoms with Gasteiger partial charge in [0.05, 0.1) is 83.3 Å². The minimum atomic E-state index is -0.876. The lowest BCUT2D eigenvalue weighted by atomic mass is 10.0. The van der Waals surface area contributed by atoms with Crippen molar-refractivity contribution < 1.29 is 62.6 Å². The van der Waals surface area contributed by atoms with Crippen molar-refractivity contribution >= 4 is 94.6 Å². The molecule has 22 rings (SSSR count). The molecule has 5 saturated heterocycles. The molecular weight excluding hydrogens is 1830 g/mol. The van der Waals surface area contributed by atoms with E-state index in [2.05, 4.69) is 118 Å². The molecule has 35 heteroatoms. The minimum Gasteiger partial charge on any atom is -0.493 e. The molecule has 734 valence electrons. The number of aryl methyl sites for hydroxylation is 4.